The van der Waals surface area contributed by atoms with Crippen molar-refractivity contribution in [3.8, 4) is 11.4 Å². The lowest BCUT2D eigenvalue weighted by Crippen LogP contribution is -2.33. The molecule has 4 aromatic rings. The molecule has 1 aliphatic heterocycles. The van der Waals surface area contributed by atoms with E-state index in [-0.39, 0.29) is 17.8 Å². The lowest BCUT2D eigenvalue weighted by atomic mass is 9.89. The number of nitrogens with zero attached hydrogens (tertiary/aromatic N) is 2. The van der Waals surface area contributed by atoms with Gasteiger partial charge in [0, 0.05) is 24.2 Å². The third-order valence-corrected chi connectivity index (χ3v) is 7.31. The average molecular weight is 569 g/mol. The molecule has 1 aromatic heterocycles. The van der Waals surface area contributed by atoms with Crippen LogP contribution < -0.4 is 15.8 Å². The Kier molecular flexibility index (Phi) is 12.7. The Morgan fingerprint density at radius 1 is 1.10 bits per heavy atom. The molecule has 1 fully saturated rings. The maximum Gasteiger partial charge on any atom is 0.143 e. The number of ether oxygens (including phenoxy) is 1. The van der Waals surface area contributed by atoms with Crippen LogP contribution >= 0.6 is 0 Å². The van der Waals surface area contributed by atoms with Crippen LogP contribution in [0.2, 0.25) is 0 Å². The van der Waals surface area contributed by atoms with Crippen LogP contribution in [0, 0.1) is 12.7 Å². The Morgan fingerprint density at radius 3 is 2.38 bits per heavy atom. The summed E-state index contributed by atoms with van der Waals surface area (Å²) in [5, 5.41) is 3.51. The van der Waals surface area contributed by atoms with E-state index in [1.54, 1.807) is 25.3 Å². The second-order valence-corrected chi connectivity index (χ2v) is 10.5. The standard InChI is InChI=1S/C18H23N3O.C15H16FN.C3H6/c1-13-11-21(12-20-13)17-7-6-15(10-18(17)22-3)9-16-5-4-8-19-14(16)2;1-11(12-5-3-2-4-6-12)15(17)13-7-9-14(16)10-8-13;1-3-2/h6-7,9-12,14,19H,4-5,8H2,1-3H3;2-11,15H,17H2,1H3;3H,1H2,2H3/b16-9+;;. The van der Waals surface area contributed by atoms with Gasteiger partial charge in [-0.2, -0.15) is 0 Å². The van der Waals surface area contributed by atoms with Gasteiger partial charge >= 0.3 is 0 Å². The summed E-state index contributed by atoms with van der Waals surface area (Å²) in [6.07, 6.45) is 10.2. The summed E-state index contributed by atoms with van der Waals surface area (Å²) in [6.45, 7) is 12.7. The summed E-state index contributed by atoms with van der Waals surface area (Å²) in [4.78, 5) is 4.28. The second kappa shape index (κ2) is 16.4. The van der Waals surface area contributed by atoms with Crippen LogP contribution in [0.4, 0.5) is 4.39 Å². The van der Waals surface area contributed by atoms with E-state index in [2.05, 4.69) is 67.1 Å². The number of rotatable bonds is 6. The predicted octanol–water partition coefficient (Wildman–Crippen LogP) is 8.17. The summed E-state index contributed by atoms with van der Waals surface area (Å²) in [6, 6.07) is 23.2. The van der Waals surface area contributed by atoms with Crippen LogP contribution in [-0.2, 0) is 0 Å². The number of piperidine rings is 1. The van der Waals surface area contributed by atoms with E-state index >= 15 is 0 Å². The minimum atomic E-state index is -0.228. The Hall–Kier alpha value is -4.00. The molecule has 5 rings (SSSR count). The van der Waals surface area contributed by atoms with E-state index in [9.17, 15) is 4.39 Å². The van der Waals surface area contributed by atoms with Crippen LogP contribution in [-0.4, -0.2) is 29.2 Å². The normalized spacial score (nSPS) is 16.7. The van der Waals surface area contributed by atoms with Gasteiger partial charge in [0.05, 0.1) is 24.8 Å². The number of methoxy groups -OCH3 is 1. The van der Waals surface area contributed by atoms with E-state index in [4.69, 9.17) is 10.5 Å². The SMILES string of the molecule is C=CC.CC(c1ccccc1)C(N)c1ccc(F)cc1.COc1cc(/C=C2\CCCNC2C)ccc1-n1cnc(C)c1. The van der Waals surface area contributed by atoms with Gasteiger partial charge < -0.3 is 20.4 Å². The van der Waals surface area contributed by atoms with Crippen LogP contribution in [0.15, 0.2) is 104 Å². The summed E-state index contributed by atoms with van der Waals surface area (Å²) < 4.78 is 20.4. The zero-order chi connectivity index (χ0) is 30.5. The molecule has 1 aliphatic rings. The Bertz CT molecular complexity index is 1410. The number of allylic oxidation sites excluding steroid dienone is 1. The minimum Gasteiger partial charge on any atom is -0.495 e. The Morgan fingerprint density at radius 2 is 1.79 bits per heavy atom. The highest BCUT2D eigenvalue weighted by Gasteiger charge is 2.16. The summed E-state index contributed by atoms with van der Waals surface area (Å²) >= 11 is 0. The molecule has 1 saturated heterocycles. The molecule has 3 aromatic carbocycles. The van der Waals surface area contributed by atoms with Gasteiger partial charge in [-0.05, 0) is 81.1 Å². The summed E-state index contributed by atoms with van der Waals surface area (Å²) in [5.74, 6) is 0.846. The summed E-state index contributed by atoms with van der Waals surface area (Å²) in [7, 11) is 1.71. The summed E-state index contributed by atoms with van der Waals surface area (Å²) in [5.41, 5.74) is 13.0. The fourth-order valence-electron chi connectivity index (χ4n) is 4.86. The van der Waals surface area contributed by atoms with Crippen LogP contribution in [0.3, 0.4) is 0 Å². The number of nitrogens with one attached hydrogen (secondary N) is 1. The first kappa shape index (κ1) is 32.5. The Balaban J connectivity index is 0.000000217. The zero-order valence-corrected chi connectivity index (χ0v) is 25.6. The highest BCUT2D eigenvalue weighted by atomic mass is 19.1. The molecule has 42 heavy (non-hydrogen) atoms. The van der Waals surface area contributed by atoms with Crippen LogP contribution in [0.25, 0.3) is 11.8 Å². The van der Waals surface area contributed by atoms with Crippen molar-refractivity contribution < 1.29 is 9.13 Å². The lowest BCUT2D eigenvalue weighted by molar-refractivity contribution is 0.412. The number of aryl methyl sites for hydroxylation is 1. The van der Waals surface area contributed by atoms with Crippen molar-refractivity contribution >= 4 is 6.08 Å². The van der Waals surface area contributed by atoms with Gasteiger partial charge in [-0.25, -0.2) is 9.37 Å². The number of nitrogens with two attached hydrogens (primary N) is 1. The first-order chi connectivity index (χ1) is 20.3. The molecule has 5 nitrogen and oxygen atoms in total. The molecule has 6 heteroatoms. The van der Waals surface area contributed by atoms with Crippen molar-refractivity contribution in [1.29, 1.82) is 0 Å². The molecule has 222 valence electrons. The van der Waals surface area contributed by atoms with E-state index in [1.807, 2.05) is 49.1 Å². The smallest absolute Gasteiger partial charge is 0.143 e. The van der Waals surface area contributed by atoms with Gasteiger partial charge in [-0.1, -0.05) is 73.2 Å². The molecule has 0 aliphatic carbocycles. The van der Waals surface area contributed by atoms with Crippen molar-refractivity contribution in [3.05, 3.63) is 132 Å². The largest absolute Gasteiger partial charge is 0.495 e. The zero-order valence-electron chi connectivity index (χ0n) is 25.6. The van der Waals surface area contributed by atoms with Crippen molar-refractivity contribution in [1.82, 2.24) is 14.9 Å². The van der Waals surface area contributed by atoms with Gasteiger partial charge in [-0.15, -0.1) is 6.58 Å². The van der Waals surface area contributed by atoms with E-state index in [0.717, 1.165) is 29.2 Å². The fraction of sp³-hybridized carbons (Fsp3) is 0.306. The Labute approximate surface area is 251 Å². The van der Waals surface area contributed by atoms with Crippen LogP contribution in [0.1, 0.15) is 68.0 Å². The molecule has 0 saturated carbocycles. The van der Waals surface area contributed by atoms with Gasteiger partial charge in [0.25, 0.3) is 0 Å². The molecule has 0 bridgehead atoms. The molecule has 0 spiro atoms. The highest BCUT2D eigenvalue weighted by molar-refractivity contribution is 5.61. The topological polar surface area (TPSA) is 65.1 Å². The van der Waals surface area contributed by atoms with Crippen molar-refractivity contribution in [2.75, 3.05) is 13.7 Å². The molecular weight excluding hydrogens is 523 g/mol. The second-order valence-electron chi connectivity index (χ2n) is 10.5. The third kappa shape index (κ3) is 9.26. The molecule has 0 amide bonds. The van der Waals surface area contributed by atoms with Crippen molar-refractivity contribution in [2.24, 2.45) is 5.73 Å². The predicted molar refractivity (Wildman–Crippen MR) is 174 cm³/mol. The molecule has 0 radical (unpaired) electrons. The minimum absolute atomic E-state index is 0.113. The van der Waals surface area contributed by atoms with Gasteiger partial charge in [0.2, 0.25) is 0 Å². The van der Waals surface area contributed by atoms with Gasteiger partial charge in [0.15, 0.2) is 0 Å². The van der Waals surface area contributed by atoms with Gasteiger partial charge in [-0.3, -0.25) is 0 Å². The lowest BCUT2D eigenvalue weighted by Gasteiger charge is -2.23. The van der Waals surface area contributed by atoms with Gasteiger partial charge in [0.1, 0.15) is 11.6 Å². The van der Waals surface area contributed by atoms with E-state index in [0.29, 0.717) is 6.04 Å². The number of imidazole rings is 1. The van der Waals surface area contributed by atoms with Crippen molar-refractivity contribution in [3.63, 3.8) is 0 Å². The highest BCUT2D eigenvalue weighted by Crippen LogP contribution is 2.29. The molecule has 3 atom stereocenters. The van der Waals surface area contributed by atoms with E-state index < -0.39 is 0 Å². The number of aromatic nitrogens is 2. The fourth-order valence-corrected chi connectivity index (χ4v) is 4.86. The molecule has 3 N–H and O–H groups in total. The van der Waals surface area contributed by atoms with E-state index in [1.165, 1.54) is 41.7 Å². The third-order valence-electron chi connectivity index (χ3n) is 7.31. The van der Waals surface area contributed by atoms with Crippen molar-refractivity contribution in [2.45, 2.75) is 58.5 Å². The van der Waals surface area contributed by atoms with Crippen LogP contribution in [0.5, 0.6) is 5.75 Å². The average Bonchev–Trinajstić information content (AvgIpc) is 3.45. The number of halogens is 1. The first-order valence-corrected chi connectivity index (χ1v) is 14.5. The maximum absolute atomic E-state index is 12.8. The number of hydrogen-bond donors (Lipinski definition) is 2. The first-order valence-electron chi connectivity index (χ1n) is 14.5. The quantitative estimate of drug-likeness (QED) is 0.230. The molecule has 2 heterocycles. The maximum atomic E-state index is 12.8. The monoisotopic (exact) mass is 568 g/mol. The molecular formula is C36H45FN4O. The number of hydrogen-bond acceptors (Lipinski definition) is 4. The molecule has 3 unspecified atom stereocenters. The number of benzene rings is 3.